The number of amides is 1. The van der Waals surface area contributed by atoms with E-state index in [0.717, 1.165) is 24.5 Å². The Labute approximate surface area is 144 Å². The molecular formula is C18H21F3N2O2. The van der Waals surface area contributed by atoms with Gasteiger partial charge in [0, 0.05) is 12.2 Å². The minimum atomic E-state index is -4.47. The molecule has 0 aromatic carbocycles. The highest BCUT2D eigenvalue weighted by Gasteiger charge is 2.42. The highest BCUT2D eigenvalue weighted by molar-refractivity contribution is 5.75. The molecule has 136 valence electrons. The molecule has 2 aliphatic rings. The fraction of sp³-hybridized carbons (Fsp3) is 0.556. The molecule has 1 saturated heterocycles. The van der Waals surface area contributed by atoms with Crippen molar-refractivity contribution in [2.75, 3.05) is 0 Å². The number of nitrogens with zero attached hydrogens (tertiary/aromatic N) is 2. The van der Waals surface area contributed by atoms with Crippen molar-refractivity contribution < 1.29 is 22.7 Å². The zero-order valence-corrected chi connectivity index (χ0v) is 14.4. The van der Waals surface area contributed by atoms with Gasteiger partial charge in [-0.3, -0.25) is 9.88 Å². The SMILES string of the molecule is CC(C)(C)OC(=O)N1C2C=C(c3ccnc(C(F)(F)F)c3)CC1CC2. The summed E-state index contributed by atoms with van der Waals surface area (Å²) in [6.07, 6.45) is 0.389. The molecule has 0 saturated carbocycles. The summed E-state index contributed by atoms with van der Waals surface area (Å²) in [5.41, 5.74) is -0.121. The van der Waals surface area contributed by atoms with Gasteiger partial charge in [-0.25, -0.2) is 4.79 Å². The Kier molecular flexibility index (Phi) is 4.29. The van der Waals surface area contributed by atoms with Crippen LogP contribution in [0.1, 0.15) is 51.3 Å². The normalized spacial score (nSPS) is 23.4. The van der Waals surface area contributed by atoms with E-state index in [4.69, 9.17) is 4.74 Å². The van der Waals surface area contributed by atoms with Crippen LogP contribution in [0, 0.1) is 0 Å². The number of hydrogen-bond donors (Lipinski definition) is 0. The smallest absolute Gasteiger partial charge is 0.433 e. The summed E-state index contributed by atoms with van der Waals surface area (Å²) in [6, 6.07) is 2.49. The molecule has 1 amide bonds. The molecular weight excluding hydrogens is 333 g/mol. The number of rotatable bonds is 1. The quantitative estimate of drug-likeness (QED) is 0.737. The molecule has 1 aromatic rings. The van der Waals surface area contributed by atoms with Crippen LogP contribution in [-0.2, 0) is 10.9 Å². The molecule has 2 atom stereocenters. The van der Waals surface area contributed by atoms with Crippen molar-refractivity contribution in [2.45, 2.75) is 63.9 Å². The highest BCUT2D eigenvalue weighted by Crippen LogP contribution is 2.40. The van der Waals surface area contributed by atoms with Crippen molar-refractivity contribution >= 4 is 11.7 Å². The first-order valence-corrected chi connectivity index (χ1v) is 8.30. The van der Waals surface area contributed by atoms with Gasteiger partial charge < -0.3 is 4.74 Å². The number of aromatic nitrogens is 1. The van der Waals surface area contributed by atoms with Crippen LogP contribution in [0.5, 0.6) is 0 Å². The van der Waals surface area contributed by atoms with Crippen LogP contribution in [0.15, 0.2) is 24.4 Å². The lowest BCUT2D eigenvalue weighted by molar-refractivity contribution is -0.141. The monoisotopic (exact) mass is 354 g/mol. The predicted octanol–water partition coefficient (Wildman–Crippen LogP) is 4.66. The standard InChI is InChI=1S/C18H21F3N2O2/c1-17(2,3)25-16(24)23-13-4-5-14(23)9-12(8-13)11-6-7-22-15(10-11)18(19,20)21/h6-8,10,13-14H,4-5,9H2,1-3H3. The van der Waals surface area contributed by atoms with E-state index in [2.05, 4.69) is 4.98 Å². The Hall–Kier alpha value is -2.05. The summed E-state index contributed by atoms with van der Waals surface area (Å²) in [4.78, 5) is 17.5. The van der Waals surface area contributed by atoms with E-state index in [1.54, 1.807) is 11.0 Å². The summed E-state index contributed by atoms with van der Waals surface area (Å²) >= 11 is 0. The maximum absolute atomic E-state index is 12.9. The molecule has 3 heterocycles. The molecule has 2 aliphatic heterocycles. The highest BCUT2D eigenvalue weighted by atomic mass is 19.4. The van der Waals surface area contributed by atoms with E-state index >= 15 is 0 Å². The minimum Gasteiger partial charge on any atom is -0.444 e. The van der Waals surface area contributed by atoms with Gasteiger partial charge in [-0.1, -0.05) is 6.08 Å². The molecule has 0 aliphatic carbocycles. The van der Waals surface area contributed by atoms with Gasteiger partial charge in [-0.2, -0.15) is 13.2 Å². The molecule has 7 heteroatoms. The minimum absolute atomic E-state index is 0.0395. The van der Waals surface area contributed by atoms with Gasteiger partial charge in [-0.15, -0.1) is 0 Å². The van der Waals surface area contributed by atoms with Crippen molar-refractivity contribution in [3.05, 3.63) is 35.7 Å². The molecule has 2 bridgehead atoms. The molecule has 2 unspecified atom stereocenters. The summed E-state index contributed by atoms with van der Waals surface area (Å²) in [7, 11) is 0. The Morgan fingerprint density at radius 3 is 2.60 bits per heavy atom. The van der Waals surface area contributed by atoms with Gasteiger partial charge in [-0.05, 0) is 63.3 Å². The maximum Gasteiger partial charge on any atom is 0.433 e. The Bertz CT molecular complexity index is 707. The van der Waals surface area contributed by atoms with Crippen molar-refractivity contribution in [2.24, 2.45) is 0 Å². The second-order valence-corrected chi connectivity index (χ2v) is 7.51. The Balaban J connectivity index is 1.84. The maximum atomic E-state index is 12.9. The third-order valence-electron chi connectivity index (χ3n) is 4.42. The van der Waals surface area contributed by atoms with Gasteiger partial charge in [0.15, 0.2) is 0 Å². The summed E-state index contributed by atoms with van der Waals surface area (Å²) in [5, 5.41) is 0. The number of carbonyl (C=O) groups excluding carboxylic acids is 1. The Morgan fingerprint density at radius 2 is 2.00 bits per heavy atom. The number of hydrogen-bond acceptors (Lipinski definition) is 3. The third-order valence-corrected chi connectivity index (χ3v) is 4.42. The third kappa shape index (κ3) is 3.80. The number of alkyl halides is 3. The lowest BCUT2D eigenvalue weighted by atomic mass is 9.95. The van der Waals surface area contributed by atoms with E-state index in [1.807, 2.05) is 26.8 Å². The van der Waals surface area contributed by atoms with Crippen LogP contribution in [0.25, 0.3) is 5.57 Å². The topological polar surface area (TPSA) is 42.4 Å². The molecule has 0 N–H and O–H groups in total. The molecule has 1 aromatic heterocycles. The zero-order valence-electron chi connectivity index (χ0n) is 14.4. The van der Waals surface area contributed by atoms with E-state index in [-0.39, 0.29) is 18.2 Å². The molecule has 4 nitrogen and oxygen atoms in total. The number of pyridine rings is 1. The van der Waals surface area contributed by atoms with Crippen LogP contribution < -0.4 is 0 Å². The van der Waals surface area contributed by atoms with Crippen molar-refractivity contribution in [3.63, 3.8) is 0 Å². The van der Waals surface area contributed by atoms with E-state index in [9.17, 15) is 18.0 Å². The number of ether oxygens (including phenoxy) is 1. The van der Waals surface area contributed by atoms with Gasteiger partial charge in [0.2, 0.25) is 0 Å². The van der Waals surface area contributed by atoms with Crippen molar-refractivity contribution in [1.29, 1.82) is 0 Å². The molecule has 0 spiro atoms. The molecule has 0 radical (unpaired) electrons. The van der Waals surface area contributed by atoms with Crippen LogP contribution in [-0.4, -0.2) is 33.7 Å². The largest absolute Gasteiger partial charge is 0.444 e. The number of halogens is 3. The fourth-order valence-corrected chi connectivity index (χ4v) is 3.43. The lowest BCUT2D eigenvalue weighted by Crippen LogP contribution is -2.45. The summed E-state index contributed by atoms with van der Waals surface area (Å²) < 4.78 is 44.1. The van der Waals surface area contributed by atoms with Crippen LogP contribution in [0.4, 0.5) is 18.0 Å². The van der Waals surface area contributed by atoms with E-state index in [0.29, 0.717) is 12.0 Å². The first-order valence-electron chi connectivity index (χ1n) is 8.30. The Morgan fingerprint density at radius 1 is 1.28 bits per heavy atom. The zero-order chi connectivity index (χ0) is 18.4. The van der Waals surface area contributed by atoms with E-state index in [1.165, 1.54) is 6.20 Å². The molecule has 25 heavy (non-hydrogen) atoms. The second-order valence-electron chi connectivity index (χ2n) is 7.51. The summed E-state index contributed by atoms with van der Waals surface area (Å²) in [6.45, 7) is 5.44. The van der Waals surface area contributed by atoms with Gasteiger partial charge >= 0.3 is 12.3 Å². The van der Waals surface area contributed by atoms with Crippen LogP contribution in [0.3, 0.4) is 0 Å². The molecule has 3 rings (SSSR count). The van der Waals surface area contributed by atoms with Gasteiger partial charge in [0.05, 0.1) is 6.04 Å². The summed E-state index contributed by atoms with van der Waals surface area (Å²) in [5.74, 6) is 0. The van der Waals surface area contributed by atoms with E-state index < -0.39 is 17.5 Å². The van der Waals surface area contributed by atoms with Crippen LogP contribution >= 0.6 is 0 Å². The van der Waals surface area contributed by atoms with Crippen molar-refractivity contribution in [3.8, 4) is 0 Å². The average molecular weight is 354 g/mol. The number of carbonyl (C=O) groups is 1. The van der Waals surface area contributed by atoms with Gasteiger partial charge in [0.25, 0.3) is 0 Å². The fourth-order valence-electron chi connectivity index (χ4n) is 3.43. The van der Waals surface area contributed by atoms with Crippen molar-refractivity contribution in [1.82, 2.24) is 9.88 Å². The first kappa shape index (κ1) is 17.8. The number of fused-ring (bicyclic) bond motifs is 2. The predicted molar refractivity (Wildman–Crippen MR) is 86.7 cm³/mol. The second kappa shape index (κ2) is 6.04. The average Bonchev–Trinajstić information content (AvgIpc) is 2.75. The molecule has 1 fully saturated rings. The van der Waals surface area contributed by atoms with Crippen LogP contribution in [0.2, 0.25) is 0 Å². The first-order chi connectivity index (χ1) is 11.5. The lowest BCUT2D eigenvalue weighted by Gasteiger charge is -2.35. The van der Waals surface area contributed by atoms with Gasteiger partial charge in [0.1, 0.15) is 11.3 Å².